The molecule has 0 unspecified atom stereocenters. The first-order valence-corrected chi connectivity index (χ1v) is 5.65. The number of nitrogens with one attached hydrogen (secondary N) is 1. The maximum absolute atomic E-state index is 11.5. The molecule has 0 aliphatic rings. The van der Waals surface area contributed by atoms with E-state index in [1.165, 1.54) is 6.07 Å². The SMILES string of the molecule is N#Cc1ccc(S(=O)(=O)NOCC(=O)O)cn1. The highest BCUT2D eigenvalue weighted by molar-refractivity contribution is 7.89. The Morgan fingerprint density at radius 3 is 2.76 bits per heavy atom. The number of sulfonamides is 1. The van der Waals surface area contributed by atoms with Crippen molar-refractivity contribution < 1.29 is 23.2 Å². The van der Waals surface area contributed by atoms with Gasteiger partial charge in [-0.2, -0.15) is 5.26 Å². The minimum absolute atomic E-state index is 0.0652. The molecule has 9 heteroatoms. The standard InChI is InChI=1S/C8H7N3O5S/c9-3-6-1-2-7(4-10-6)17(14,15)11-16-5-8(12)13/h1-2,4,11H,5H2,(H,12,13). The predicted molar refractivity (Wildman–Crippen MR) is 52.9 cm³/mol. The fourth-order valence-electron chi connectivity index (χ4n) is 0.822. The maximum Gasteiger partial charge on any atom is 0.331 e. The van der Waals surface area contributed by atoms with Crippen LogP contribution in [0.15, 0.2) is 23.2 Å². The first-order chi connectivity index (χ1) is 7.95. The number of nitriles is 1. The second kappa shape index (κ2) is 5.35. The summed E-state index contributed by atoms with van der Waals surface area (Å²) in [7, 11) is -3.99. The van der Waals surface area contributed by atoms with E-state index in [-0.39, 0.29) is 10.6 Å². The van der Waals surface area contributed by atoms with Gasteiger partial charge in [0, 0.05) is 6.20 Å². The van der Waals surface area contributed by atoms with Gasteiger partial charge in [0.1, 0.15) is 16.7 Å². The summed E-state index contributed by atoms with van der Waals surface area (Å²) in [5.74, 6) is -1.31. The molecule has 8 nitrogen and oxygen atoms in total. The van der Waals surface area contributed by atoms with Gasteiger partial charge in [0.25, 0.3) is 10.0 Å². The molecule has 0 saturated carbocycles. The van der Waals surface area contributed by atoms with Gasteiger partial charge in [-0.15, -0.1) is 0 Å². The van der Waals surface area contributed by atoms with Crippen LogP contribution >= 0.6 is 0 Å². The summed E-state index contributed by atoms with van der Waals surface area (Å²) in [5, 5.41) is 16.7. The molecule has 1 heterocycles. The molecule has 0 aliphatic heterocycles. The minimum Gasteiger partial charge on any atom is -0.479 e. The molecular weight excluding hydrogens is 250 g/mol. The number of hydrogen-bond acceptors (Lipinski definition) is 6. The molecule has 0 bridgehead atoms. The third-order valence-electron chi connectivity index (χ3n) is 1.53. The molecule has 0 spiro atoms. The smallest absolute Gasteiger partial charge is 0.331 e. The van der Waals surface area contributed by atoms with Gasteiger partial charge in [-0.05, 0) is 12.1 Å². The van der Waals surface area contributed by atoms with Crippen LogP contribution < -0.4 is 4.89 Å². The highest BCUT2D eigenvalue weighted by Gasteiger charge is 2.15. The van der Waals surface area contributed by atoms with Crippen molar-refractivity contribution in [3.63, 3.8) is 0 Å². The molecule has 1 rings (SSSR count). The lowest BCUT2D eigenvalue weighted by atomic mass is 10.4. The lowest BCUT2D eigenvalue weighted by molar-refractivity contribution is -0.143. The van der Waals surface area contributed by atoms with E-state index >= 15 is 0 Å². The molecule has 1 aromatic heterocycles. The monoisotopic (exact) mass is 257 g/mol. The first-order valence-electron chi connectivity index (χ1n) is 4.17. The van der Waals surface area contributed by atoms with Gasteiger partial charge >= 0.3 is 5.97 Å². The third kappa shape index (κ3) is 3.80. The van der Waals surface area contributed by atoms with E-state index in [9.17, 15) is 13.2 Å². The van der Waals surface area contributed by atoms with E-state index in [1.807, 2.05) is 0 Å². The summed E-state index contributed by atoms with van der Waals surface area (Å²) in [6.07, 6.45) is 0.963. The Morgan fingerprint density at radius 1 is 1.59 bits per heavy atom. The van der Waals surface area contributed by atoms with Gasteiger partial charge in [-0.25, -0.2) is 18.2 Å². The van der Waals surface area contributed by atoms with Crippen LogP contribution in [0.25, 0.3) is 0 Å². The number of carbonyl (C=O) groups is 1. The molecule has 0 atom stereocenters. The molecule has 90 valence electrons. The summed E-state index contributed by atoms with van der Waals surface area (Å²) < 4.78 is 22.9. The number of carboxylic acid groups (broad SMARTS) is 1. The topological polar surface area (TPSA) is 129 Å². The van der Waals surface area contributed by atoms with Crippen molar-refractivity contribution >= 4 is 16.0 Å². The van der Waals surface area contributed by atoms with Crippen LogP contribution in [0.1, 0.15) is 5.69 Å². The number of aliphatic carboxylic acids is 1. The predicted octanol–water partition coefficient (Wildman–Crippen LogP) is -0.752. The van der Waals surface area contributed by atoms with Crippen LogP contribution in [-0.2, 0) is 19.7 Å². The van der Waals surface area contributed by atoms with Crippen LogP contribution in [-0.4, -0.2) is 31.1 Å². The summed E-state index contributed by atoms with van der Waals surface area (Å²) >= 11 is 0. The third-order valence-corrected chi connectivity index (χ3v) is 2.72. The van der Waals surface area contributed by atoms with Crippen molar-refractivity contribution in [2.45, 2.75) is 4.90 Å². The average Bonchev–Trinajstić information content (AvgIpc) is 2.28. The largest absolute Gasteiger partial charge is 0.479 e. The van der Waals surface area contributed by atoms with Crippen LogP contribution in [0, 0.1) is 11.3 Å². The van der Waals surface area contributed by atoms with Gasteiger partial charge < -0.3 is 5.11 Å². The highest BCUT2D eigenvalue weighted by atomic mass is 32.2. The van der Waals surface area contributed by atoms with E-state index in [2.05, 4.69) is 9.82 Å². The van der Waals surface area contributed by atoms with E-state index in [0.717, 1.165) is 12.3 Å². The molecule has 2 N–H and O–H groups in total. The number of carboxylic acids is 1. The normalized spacial score (nSPS) is 10.8. The Bertz CT molecular complexity index is 546. The van der Waals surface area contributed by atoms with Gasteiger partial charge in [0.05, 0.1) is 0 Å². The second-order valence-corrected chi connectivity index (χ2v) is 4.41. The van der Waals surface area contributed by atoms with Crippen molar-refractivity contribution in [1.29, 1.82) is 5.26 Å². The first kappa shape index (κ1) is 13.0. The van der Waals surface area contributed by atoms with Crippen LogP contribution in [0.3, 0.4) is 0 Å². The van der Waals surface area contributed by atoms with Gasteiger partial charge in [0.2, 0.25) is 0 Å². The zero-order chi connectivity index (χ0) is 12.9. The van der Waals surface area contributed by atoms with Crippen molar-refractivity contribution in [3.05, 3.63) is 24.0 Å². The van der Waals surface area contributed by atoms with Crippen LogP contribution in [0.2, 0.25) is 0 Å². The zero-order valence-corrected chi connectivity index (χ0v) is 9.14. The van der Waals surface area contributed by atoms with Gasteiger partial charge in [-0.1, -0.05) is 4.89 Å². The van der Waals surface area contributed by atoms with Gasteiger partial charge in [0.15, 0.2) is 6.61 Å². The quantitative estimate of drug-likeness (QED) is 0.663. The number of nitrogens with zero attached hydrogens (tertiary/aromatic N) is 2. The van der Waals surface area contributed by atoms with Crippen LogP contribution in [0.5, 0.6) is 0 Å². The fraction of sp³-hybridized carbons (Fsp3) is 0.125. The molecule has 0 aliphatic carbocycles. The molecule has 0 saturated heterocycles. The fourth-order valence-corrected chi connectivity index (χ4v) is 1.57. The highest BCUT2D eigenvalue weighted by Crippen LogP contribution is 2.06. The Labute approximate surface area is 96.5 Å². The van der Waals surface area contributed by atoms with E-state index in [0.29, 0.717) is 0 Å². The maximum atomic E-state index is 11.5. The molecule has 0 amide bonds. The Hall–Kier alpha value is -2.02. The Morgan fingerprint density at radius 2 is 2.29 bits per heavy atom. The Kier molecular flexibility index (Phi) is 4.11. The number of pyridine rings is 1. The molecular formula is C8H7N3O5S. The summed E-state index contributed by atoms with van der Waals surface area (Å²) in [6, 6.07) is 4.09. The Balaban J connectivity index is 2.76. The van der Waals surface area contributed by atoms with Crippen molar-refractivity contribution in [2.75, 3.05) is 6.61 Å². The second-order valence-electron chi connectivity index (χ2n) is 2.76. The molecule has 17 heavy (non-hydrogen) atoms. The lowest BCUT2D eigenvalue weighted by Gasteiger charge is -2.04. The summed E-state index contributed by atoms with van der Waals surface area (Å²) in [5.41, 5.74) is 0.0652. The zero-order valence-electron chi connectivity index (χ0n) is 8.32. The molecule has 0 radical (unpaired) electrons. The minimum atomic E-state index is -3.99. The summed E-state index contributed by atoms with van der Waals surface area (Å²) in [6.45, 7) is -0.803. The van der Waals surface area contributed by atoms with E-state index in [1.54, 1.807) is 11.0 Å². The van der Waals surface area contributed by atoms with Crippen molar-refractivity contribution in [1.82, 2.24) is 9.87 Å². The number of hydrogen-bond donors (Lipinski definition) is 2. The van der Waals surface area contributed by atoms with Gasteiger partial charge in [-0.3, -0.25) is 4.84 Å². The molecule has 0 aromatic carbocycles. The average molecular weight is 257 g/mol. The number of aromatic nitrogens is 1. The molecule has 0 fully saturated rings. The number of rotatable bonds is 5. The van der Waals surface area contributed by atoms with E-state index < -0.39 is 22.6 Å². The lowest BCUT2D eigenvalue weighted by Crippen LogP contribution is -2.26. The van der Waals surface area contributed by atoms with E-state index in [4.69, 9.17) is 10.4 Å². The summed E-state index contributed by atoms with van der Waals surface area (Å²) in [4.78, 5) is 19.3. The van der Waals surface area contributed by atoms with Crippen molar-refractivity contribution in [3.8, 4) is 6.07 Å². The molecule has 1 aromatic rings. The van der Waals surface area contributed by atoms with Crippen LogP contribution in [0.4, 0.5) is 0 Å². The van der Waals surface area contributed by atoms with Crippen molar-refractivity contribution in [2.24, 2.45) is 0 Å².